The van der Waals surface area contributed by atoms with Crippen LogP contribution in [0.1, 0.15) is 11.1 Å². The molecule has 5 nitrogen and oxygen atoms in total. The lowest BCUT2D eigenvalue weighted by Gasteiger charge is -2.18. The molecule has 28 heavy (non-hydrogen) atoms. The van der Waals surface area contributed by atoms with Crippen LogP contribution in [0.5, 0.6) is 0 Å². The van der Waals surface area contributed by atoms with E-state index in [0.717, 1.165) is 17.3 Å². The Kier molecular flexibility index (Phi) is 7.75. The highest BCUT2D eigenvalue weighted by molar-refractivity contribution is 9.10. The van der Waals surface area contributed by atoms with E-state index >= 15 is 0 Å². The molecule has 0 saturated heterocycles. The fourth-order valence-electron chi connectivity index (χ4n) is 2.35. The number of halogens is 2. The molecule has 2 aromatic rings. The van der Waals surface area contributed by atoms with E-state index in [4.69, 9.17) is 4.74 Å². The number of hydrogen-bond donors (Lipinski definition) is 0. The number of likely N-dealkylation sites (N-methyl/N-ethyl adjacent to an activating group) is 1. The average Bonchev–Trinajstić information content (AvgIpc) is 2.67. The monoisotopic (exact) mass is 448 g/mol. The number of hydrogen-bond acceptors (Lipinski definition) is 4. The smallest absolute Gasteiger partial charge is 0.331 e. The van der Waals surface area contributed by atoms with Crippen LogP contribution in [0.2, 0.25) is 0 Å². The molecule has 0 spiro atoms. The first-order valence-electron chi connectivity index (χ1n) is 8.56. The Bertz CT molecular complexity index is 866. The van der Waals surface area contributed by atoms with Gasteiger partial charge in [-0.25, -0.2) is 9.18 Å². The number of benzene rings is 2. The van der Waals surface area contributed by atoms with E-state index in [1.54, 1.807) is 19.2 Å². The van der Waals surface area contributed by atoms with E-state index < -0.39 is 11.8 Å². The van der Waals surface area contributed by atoms with Gasteiger partial charge in [0, 0.05) is 49.5 Å². The molecule has 0 aliphatic heterocycles. The molecule has 0 radical (unpaired) electrons. The molecule has 1 amide bonds. The minimum absolute atomic E-state index is 0.246. The molecule has 0 bridgehead atoms. The van der Waals surface area contributed by atoms with Gasteiger partial charge < -0.3 is 14.5 Å². The maximum absolute atomic E-state index is 13.6. The highest BCUT2D eigenvalue weighted by Crippen LogP contribution is 2.17. The molecule has 148 valence electrons. The lowest BCUT2D eigenvalue weighted by molar-refractivity contribution is -0.147. The Morgan fingerprint density at radius 3 is 2.43 bits per heavy atom. The van der Waals surface area contributed by atoms with Crippen molar-refractivity contribution in [2.75, 3.05) is 32.6 Å². The van der Waals surface area contributed by atoms with Crippen molar-refractivity contribution in [3.63, 3.8) is 0 Å². The summed E-state index contributed by atoms with van der Waals surface area (Å²) in [7, 11) is 5.56. The summed E-state index contributed by atoms with van der Waals surface area (Å²) in [6.07, 6.45) is 2.40. The molecule has 0 N–H and O–H groups in total. The maximum Gasteiger partial charge on any atom is 0.331 e. The van der Waals surface area contributed by atoms with Gasteiger partial charge in [0.1, 0.15) is 5.82 Å². The second-order valence-electron chi connectivity index (χ2n) is 6.42. The molecule has 0 aliphatic carbocycles. The van der Waals surface area contributed by atoms with Crippen LogP contribution < -0.4 is 4.90 Å². The number of ether oxygens (including phenoxy) is 1. The van der Waals surface area contributed by atoms with Gasteiger partial charge in [-0.05, 0) is 42.0 Å². The summed E-state index contributed by atoms with van der Waals surface area (Å²) in [5.41, 5.74) is 2.29. The summed E-state index contributed by atoms with van der Waals surface area (Å²) in [5.74, 6) is -1.49. The van der Waals surface area contributed by atoms with Crippen LogP contribution in [0, 0.1) is 5.82 Å². The first kappa shape index (κ1) is 21.6. The van der Waals surface area contributed by atoms with Crippen LogP contribution >= 0.6 is 15.9 Å². The SMILES string of the molecule is CN(Cc1ccc(N(C)C)cc1)C(=O)COC(=O)/C=C/c1cc(Br)ccc1F. The number of anilines is 1. The fraction of sp³-hybridized carbons (Fsp3) is 0.238. The van der Waals surface area contributed by atoms with Crippen LogP contribution in [0.3, 0.4) is 0 Å². The summed E-state index contributed by atoms with van der Waals surface area (Å²) in [6.45, 7) is 0.0274. The van der Waals surface area contributed by atoms with E-state index in [-0.39, 0.29) is 18.1 Å². The summed E-state index contributed by atoms with van der Waals surface area (Å²) in [4.78, 5) is 27.4. The van der Waals surface area contributed by atoms with Crippen molar-refractivity contribution in [1.82, 2.24) is 4.90 Å². The average molecular weight is 449 g/mol. The van der Waals surface area contributed by atoms with Crippen LogP contribution in [0.25, 0.3) is 6.08 Å². The maximum atomic E-state index is 13.6. The Hall–Kier alpha value is -2.67. The molecule has 2 aromatic carbocycles. The third-order valence-electron chi connectivity index (χ3n) is 3.99. The van der Waals surface area contributed by atoms with Crippen LogP contribution in [-0.2, 0) is 20.9 Å². The third kappa shape index (κ3) is 6.49. The quantitative estimate of drug-likeness (QED) is 0.476. The minimum atomic E-state index is -0.712. The third-order valence-corrected chi connectivity index (χ3v) is 4.49. The van der Waals surface area contributed by atoms with Gasteiger partial charge in [0.2, 0.25) is 0 Å². The van der Waals surface area contributed by atoms with Crippen molar-refractivity contribution in [2.45, 2.75) is 6.54 Å². The van der Waals surface area contributed by atoms with Gasteiger partial charge >= 0.3 is 5.97 Å². The van der Waals surface area contributed by atoms with Crippen LogP contribution in [-0.4, -0.2) is 44.5 Å². The first-order valence-corrected chi connectivity index (χ1v) is 9.35. The van der Waals surface area contributed by atoms with E-state index in [0.29, 0.717) is 11.0 Å². The van der Waals surface area contributed by atoms with Gasteiger partial charge in [0.25, 0.3) is 5.91 Å². The summed E-state index contributed by atoms with van der Waals surface area (Å²) in [6, 6.07) is 12.2. The van der Waals surface area contributed by atoms with Gasteiger partial charge in [-0.2, -0.15) is 0 Å². The van der Waals surface area contributed by atoms with Crippen molar-refractivity contribution in [3.8, 4) is 0 Å². The zero-order valence-corrected chi connectivity index (χ0v) is 17.6. The first-order chi connectivity index (χ1) is 13.3. The lowest BCUT2D eigenvalue weighted by atomic mass is 10.2. The van der Waals surface area contributed by atoms with Gasteiger partial charge in [-0.1, -0.05) is 28.1 Å². The predicted molar refractivity (Wildman–Crippen MR) is 111 cm³/mol. The summed E-state index contributed by atoms with van der Waals surface area (Å²) < 4.78 is 19.3. The Labute approximate surface area is 172 Å². The number of amides is 1. The topological polar surface area (TPSA) is 49.9 Å². The van der Waals surface area contributed by atoms with Gasteiger partial charge in [0.15, 0.2) is 6.61 Å². The van der Waals surface area contributed by atoms with Gasteiger partial charge in [-0.3, -0.25) is 4.79 Å². The molecule has 0 heterocycles. The van der Waals surface area contributed by atoms with E-state index in [2.05, 4.69) is 15.9 Å². The van der Waals surface area contributed by atoms with E-state index in [1.807, 2.05) is 43.3 Å². The van der Waals surface area contributed by atoms with Crippen molar-refractivity contribution in [1.29, 1.82) is 0 Å². The highest BCUT2D eigenvalue weighted by atomic mass is 79.9. The number of nitrogens with zero attached hydrogens (tertiary/aromatic N) is 2. The highest BCUT2D eigenvalue weighted by Gasteiger charge is 2.12. The number of rotatable bonds is 7. The molecular formula is C21H22BrFN2O3. The molecule has 0 atom stereocenters. The molecule has 2 rings (SSSR count). The normalized spacial score (nSPS) is 10.8. The Morgan fingerprint density at radius 2 is 1.79 bits per heavy atom. The summed E-state index contributed by atoms with van der Waals surface area (Å²) >= 11 is 3.24. The minimum Gasteiger partial charge on any atom is -0.452 e. The molecule has 0 unspecified atom stereocenters. The number of carbonyl (C=O) groups is 2. The van der Waals surface area contributed by atoms with E-state index in [1.165, 1.54) is 17.0 Å². The zero-order valence-electron chi connectivity index (χ0n) is 16.0. The second kappa shape index (κ2) is 10.0. The van der Waals surface area contributed by atoms with Crippen LogP contribution in [0.15, 0.2) is 53.0 Å². The van der Waals surface area contributed by atoms with Crippen LogP contribution in [0.4, 0.5) is 10.1 Å². The molecule has 0 fully saturated rings. The largest absolute Gasteiger partial charge is 0.452 e. The zero-order chi connectivity index (χ0) is 20.7. The summed E-state index contributed by atoms with van der Waals surface area (Å²) in [5, 5.41) is 0. The predicted octanol–water partition coefficient (Wildman–Crippen LogP) is 3.87. The Balaban J connectivity index is 1.84. The molecule has 7 heteroatoms. The van der Waals surface area contributed by atoms with Crippen molar-refractivity contribution < 1.29 is 18.7 Å². The standard InChI is InChI=1S/C21H22BrFN2O3/c1-24(2)18-8-4-15(5-9-18)13-25(3)20(26)14-28-21(27)11-6-16-12-17(22)7-10-19(16)23/h4-12H,13-14H2,1-3H3/b11-6+. The fourth-order valence-corrected chi connectivity index (χ4v) is 2.73. The lowest BCUT2D eigenvalue weighted by Crippen LogP contribution is -2.30. The van der Waals surface area contributed by atoms with Crippen molar-refractivity contribution in [2.24, 2.45) is 0 Å². The molecule has 0 aromatic heterocycles. The van der Waals surface area contributed by atoms with E-state index in [9.17, 15) is 14.0 Å². The second-order valence-corrected chi connectivity index (χ2v) is 7.33. The van der Waals surface area contributed by atoms with Crippen molar-refractivity contribution >= 4 is 39.6 Å². The number of carbonyl (C=O) groups excluding carboxylic acids is 2. The molecule has 0 aliphatic rings. The number of esters is 1. The van der Waals surface area contributed by atoms with Crippen molar-refractivity contribution in [3.05, 3.63) is 70.0 Å². The molecule has 0 saturated carbocycles. The van der Waals surface area contributed by atoms with Gasteiger partial charge in [0.05, 0.1) is 0 Å². The molecular weight excluding hydrogens is 427 g/mol. The van der Waals surface area contributed by atoms with Gasteiger partial charge in [-0.15, -0.1) is 0 Å². The Morgan fingerprint density at radius 1 is 1.11 bits per heavy atom.